The highest BCUT2D eigenvalue weighted by Crippen LogP contribution is 2.32. The molecule has 8 heteroatoms. The molecule has 1 fully saturated rings. The number of aryl methyl sites for hydroxylation is 1. The Kier molecular flexibility index (Phi) is 5.24. The predicted molar refractivity (Wildman–Crippen MR) is 103 cm³/mol. The third-order valence-corrected chi connectivity index (χ3v) is 4.98. The van der Waals surface area contributed by atoms with Crippen LogP contribution in [0.1, 0.15) is 41.8 Å². The molecule has 1 atom stereocenters. The molecule has 3 aromatic rings. The van der Waals surface area contributed by atoms with E-state index in [1.54, 1.807) is 30.2 Å². The minimum absolute atomic E-state index is 0.117. The number of benzene rings is 1. The number of hydrogen-bond acceptors (Lipinski definition) is 5. The first-order valence-corrected chi connectivity index (χ1v) is 9.53. The molecule has 1 aliphatic heterocycles. The van der Waals surface area contributed by atoms with E-state index in [0.29, 0.717) is 30.3 Å². The van der Waals surface area contributed by atoms with Crippen molar-refractivity contribution in [3.05, 3.63) is 81.7 Å². The summed E-state index contributed by atoms with van der Waals surface area (Å²) in [6.45, 7) is 2.23. The second-order valence-corrected chi connectivity index (χ2v) is 7.19. The zero-order valence-corrected chi connectivity index (χ0v) is 16.0. The van der Waals surface area contributed by atoms with Crippen LogP contribution in [-0.4, -0.2) is 32.1 Å². The number of nitrogens with zero attached hydrogens (tertiary/aromatic N) is 4. The number of carbonyl (C=O) groups is 1. The summed E-state index contributed by atoms with van der Waals surface area (Å²) in [7, 11) is 0. The Hall–Kier alpha value is -3.29. The van der Waals surface area contributed by atoms with E-state index in [0.717, 1.165) is 18.4 Å². The predicted octanol–water partition coefficient (Wildman–Crippen LogP) is 2.63. The molecular weight excluding hydrogens is 375 g/mol. The van der Waals surface area contributed by atoms with Crippen LogP contribution < -0.4 is 5.56 Å². The molecule has 0 bridgehead atoms. The summed E-state index contributed by atoms with van der Waals surface area (Å²) in [4.78, 5) is 30.8. The maximum atomic E-state index is 13.4. The van der Waals surface area contributed by atoms with Crippen molar-refractivity contribution in [2.75, 3.05) is 6.54 Å². The normalized spacial score (nSPS) is 16.3. The molecule has 1 aliphatic rings. The molecule has 29 heavy (non-hydrogen) atoms. The molecule has 0 radical (unpaired) electrons. The summed E-state index contributed by atoms with van der Waals surface area (Å²) in [5, 5.41) is 4.13. The average molecular weight is 396 g/mol. The molecule has 0 saturated carbocycles. The summed E-state index contributed by atoms with van der Waals surface area (Å²) in [6, 6.07) is 9.08. The van der Waals surface area contributed by atoms with Crippen LogP contribution in [0.5, 0.6) is 0 Å². The van der Waals surface area contributed by atoms with Crippen LogP contribution in [0, 0.1) is 12.7 Å². The van der Waals surface area contributed by atoms with E-state index in [9.17, 15) is 14.0 Å². The van der Waals surface area contributed by atoms with Crippen LogP contribution in [0.25, 0.3) is 0 Å². The van der Waals surface area contributed by atoms with Crippen LogP contribution >= 0.6 is 0 Å². The third kappa shape index (κ3) is 4.26. The topological polar surface area (TPSA) is 81.2 Å². The molecule has 7 nitrogen and oxygen atoms in total. The molecule has 0 aliphatic carbocycles. The van der Waals surface area contributed by atoms with Gasteiger partial charge in [0.2, 0.25) is 11.8 Å². The minimum Gasteiger partial charge on any atom is -0.443 e. The Bertz CT molecular complexity index is 1090. The fraction of sp³-hybridized carbons (Fsp3) is 0.333. The number of aromatic nitrogens is 3. The van der Waals surface area contributed by atoms with Crippen molar-refractivity contribution in [2.45, 2.75) is 38.8 Å². The van der Waals surface area contributed by atoms with Crippen LogP contribution in [0.15, 0.2) is 51.8 Å². The molecule has 3 heterocycles. The van der Waals surface area contributed by atoms with Gasteiger partial charge >= 0.3 is 0 Å². The molecule has 1 saturated heterocycles. The van der Waals surface area contributed by atoms with Crippen molar-refractivity contribution in [3.63, 3.8) is 0 Å². The van der Waals surface area contributed by atoms with Crippen LogP contribution in [-0.2, 0) is 17.8 Å². The molecule has 0 N–H and O–H groups in total. The van der Waals surface area contributed by atoms with Crippen molar-refractivity contribution in [3.8, 4) is 0 Å². The fourth-order valence-electron chi connectivity index (χ4n) is 3.61. The lowest BCUT2D eigenvalue weighted by Gasteiger charge is -2.22. The second kappa shape index (κ2) is 7.98. The van der Waals surface area contributed by atoms with Crippen molar-refractivity contribution in [1.82, 2.24) is 19.7 Å². The number of halogens is 1. The van der Waals surface area contributed by atoms with Gasteiger partial charge in [-0.15, -0.1) is 0 Å². The Labute approximate surface area is 166 Å². The van der Waals surface area contributed by atoms with Gasteiger partial charge in [-0.3, -0.25) is 9.59 Å². The molecule has 150 valence electrons. The third-order valence-electron chi connectivity index (χ3n) is 4.98. The van der Waals surface area contributed by atoms with E-state index in [1.807, 2.05) is 6.07 Å². The lowest BCUT2D eigenvalue weighted by molar-refractivity contribution is -0.133. The summed E-state index contributed by atoms with van der Waals surface area (Å²) < 4.78 is 20.4. The largest absolute Gasteiger partial charge is 0.443 e. The van der Waals surface area contributed by atoms with E-state index in [-0.39, 0.29) is 29.9 Å². The fourth-order valence-corrected chi connectivity index (χ4v) is 3.61. The summed E-state index contributed by atoms with van der Waals surface area (Å²) in [5.41, 5.74) is 1.15. The summed E-state index contributed by atoms with van der Waals surface area (Å²) in [6.07, 6.45) is 3.61. The smallest absolute Gasteiger partial charge is 0.267 e. The van der Waals surface area contributed by atoms with E-state index < -0.39 is 0 Å². The second-order valence-electron chi connectivity index (χ2n) is 7.19. The van der Waals surface area contributed by atoms with E-state index >= 15 is 0 Å². The molecule has 1 amide bonds. The van der Waals surface area contributed by atoms with Gasteiger partial charge < -0.3 is 9.32 Å². The molecule has 0 spiro atoms. The van der Waals surface area contributed by atoms with Crippen molar-refractivity contribution < 1.29 is 13.6 Å². The van der Waals surface area contributed by atoms with Crippen molar-refractivity contribution >= 4 is 5.91 Å². The number of amides is 1. The SMILES string of the molecule is Cc1ccc(=O)n(CC(=O)N2CCCC2c2ncc(Cc3cccc(F)c3)o2)n1. The summed E-state index contributed by atoms with van der Waals surface area (Å²) in [5.74, 6) is 0.584. The van der Waals surface area contributed by atoms with Gasteiger partial charge in [-0.05, 0) is 43.5 Å². The van der Waals surface area contributed by atoms with Crippen molar-refractivity contribution in [2.24, 2.45) is 0 Å². The van der Waals surface area contributed by atoms with Gasteiger partial charge in [-0.2, -0.15) is 5.10 Å². The van der Waals surface area contributed by atoms with Crippen LogP contribution in [0.4, 0.5) is 4.39 Å². The van der Waals surface area contributed by atoms with Gasteiger partial charge in [0.25, 0.3) is 5.56 Å². The van der Waals surface area contributed by atoms with E-state index in [2.05, 4.69) is 10.1 Å². The zero-order valence-electron chi connectivity index (χ0n) is 16.0. The van der Waals surface area contributed by atoms with Gasteiger partial charge in [0.1, 0.15) is 24.2 Å². The number of likely N-dealkylation sites (tertiary alicyclic amines) is 1. The lowest BCUT2D eigenvalue weighted by Crippen LogP contribution is -2.37. The minimum atomic E-state index is -0.312. The van der Waals surface area contributed by atoms with Crippen LogP contribution in [0.3, 0.4) is 0 Å². The molecular formula is C21H21FN4O3. The maximum absolute atomic E-state index is 13.4. The molecule has 1 aromatic carbocycles. The molecule has 4 rings (SSSR count). The van der Waals surface area contributed by atoms with Gasteiger partial charge in [-0.25, -0.2) is 14.1 Å². The van der Waals surface area contributed by atoms with Gasteiger partial charge in [-0.1, -0.05) is 12.1 Å². The average Bonchev–Trinajstić information content (AvgIpc) is 3.34. The quantitative estimate of drug-likeness (QED) is 0.662. The number of oxazole rings is 1. The van der Waals surface area contributed by atoms with Gasteiger partial charge in [0, 0.05) is 19.0 Å². The van der Waals surface area contributed by atoms with Crippen LogP contribution in [0.2, 0.25) is 0 Å². The zero-order chi connectivity index (χ0) is 20.4. The molecule has 2 aromatic heterocycles. The maximum Gasteiger partial charge on any atom is 0.267 e. The first-order valence-electron chi connectivity index (χ1n) is 9.53. The number of carbonyl (C=O) groups excluding carboxylic acids is 1. The Morgan fingerprint density at radius 1 is 1.31 bits per heavy atom. The van der Waals surface area contributed by atoms with Crippen molar-refractivity contribution in [1.29, 1.82) is 0 Å². The van der Waals surface area contributed by atoms with E-state index in [1.165, 1.54) is 22.9 Å². The monoisotopic (exact) mass is 396 g/mol. The molecule has 1 unspecified atom stereocenters. The first kappa shape index (κ1) is 19.0. The Morgan fingerprint density at radius 3 is 3.00 bits per heavy atom. The highest BCUT2D eigenvalue weighted by Gasteiger charge is 2.33. The highest BCUT2D eigenvalue weighted by molar-refractivity contribution is 5.76. The Balaban J connectivity index is 1.48. The lowest BCUT2D eigenvalue weighted by atomic mass is 10.1. The number of hydrogen-bond donors (Lipinski definition) is 0. The Morgan fingerprint density at radius 2 is 2.17 bits per heavy atom. The summed E-state index contributed by atoms with van der Waals surface area (Å²) >= 11 is 0. The first-order chi connectivity index (χ1) is 14.0. The van der Waals surface area contributed by atoms with Gasteiger partial charge in [0.15, 0.2) is 0 Å². The van der Waals surface area contributed by atoms with E-state index in [4.69, 9.17) is 4.42 Å². The van der Waals surface area contributed by atoms with Gasteiger partial charge in [0.05, 0.1) is 11.9 Å². The number of rotatable bonds is 5. The standard InChI is InChI=1S/C21H21FN4O3/c1-14-7-8-19(27)26(24-14)13-20(28)25-9-3-6-18(25)21-23-12-17(29-21)11-15-4-2-5-16(22)10-15/h2,4-5,7-8,10,12,18H,3,6,9,11,13H2,1H3. The highest BCUT2D eigenvalue weighted by atomic mass is 19.1.